The van der Waals surface area contributed by atoms with Crippen LogP contribution in [0.1, 0.15) is 56.9 Å². The molecular formula is C31H43ClFN5O2. The van der Waals surface area contributed by atoms with Crippen molar-refractivity contribution in [1.82, 2.24) is 14.9 Å². The first kappa shape index (κ1) is 33.2. The Hall–Kier alpha value is -3.04. The first-order valence-corrected chi connectivity index (χ1v) is 14.3. The fraction of sp³-hybridized carbons (Fsp3) is 0.419. The summed E-state index contributed by atoms with van der Waals surface area (Å²) < 4.78 is 19.2. The second-order valence-corrected chi connectivity index (χ2v) is 9.42. The van der Waals surface area contributed by atoms with Gasteiger partial charge in [0.15, 0.2) is 0 Å². The Morgan fingerprint density at radius 1 is 1.15 bits per heavy atom. The molecule has 0 aliphatic carbocycles. The number of halogens is 2. The van der Waals surface area contributed by atoms with E-state index in [4.69, 9.17) is 27.2 Å². The summed E-state index contributed by atoms with van der Waals surface area (Å²) in [6, 6.07) is 12.1. The zero-order valence-corrected chi connectivity index (χ0v) is 24.8. The van der Waals surface area contributed by atoms with Gasteiger partial charge in [-0.15, -0.1) is 0 Å². The summed E-state index contributed by atoms with van der Waals surface area (Å²) >= 11 is 6.51. The lowest BCUT2D eigenvalue weighted by atomic mass is 10.0. The molecule has 0 bridgehead atoms. The van der Waals surface area contributed by atoms with Gasteiger partial charge in [-0.3, -0.25) is 0 Å². The number of allylic oxidation sites excluding steroid dienone is 1. The Balaban J connectivity index is 0.00000134. The molecule has 0 unspecified atom stereocenters. The maximum atomic E-state index is 13.4. The lowest BCUT2D eigenvalue weighted by Crippen LogP contribution is -2.40. The van der Waals surface area contributed by atoms with Crippen molar-refractivity contribution in [2.24, 2.45) is 5.73 Å². The van der Waals surface area contributed by atoms with Crippen molar-refractivity contribution in [2.45, 2.75) is 59.1 Å². The number of hydrogen-bond donors (Lipinski definition) is 3. The van der Waals surface area contributed by atoms with Gasteiger partial charge in [0.1, 0.15) is 30.3 Å². The van der Waals surface area contributed by atoms with Gasteiger partial charge in [0, 0.05) is 30.9 Å². The monoisotopic (exact) mass is 571 g/mol. The number of hydrogen-bond acceptors (Lipinski definition) is 7. The van der Waals surface area contributed by atoms with Crippen LogP contribution in [-0.2, 0) is 13.0 Å². The van der Waals surface area contributed by atoms with Gasteiger partial charge in [0.2, 0.25) is 0 Å². The molecule has 1 fully saturated rings. The van der Waals surface area contributed by atoms with Crippen LogP contribution in [0.3, 0.4) is 0 Å². The number of piperidine rings is 1. The van der Waals surface area contributed by atoms with Crippen LogP contribution in [0, 0.1) is 5.82 Å². The van der Waals surface area contributed by atoms with Gasteiger partial charge < -0.3 is 25.8 Å². The Labute approximate surface area is 243 Å². The smallest absolute Gasteiger partial charge is 0.138 e. The Kier molecular flexibility index (Phi) is 15.2. The molecule has 2 heterocycles. The zero-order chi connectivity index (χ0) is 29.3. The van der Waals surface area contributed by atoms with Gasteiger partial charge in [0.05, 0.1) is 10.7 Å². The van der Waals surface area contributed by atoms with Crippen LogP contribution >= 0.6 is 11.6 Å². The fourth-order valence-electron chi connectivity index (χ4n) is 4.22. The highest BCUT2D eigenvalue weighted by molar-refractivity contribution is 6.32. The molecule has 0 radical (unpaired) electrons. The quantitative estimate of drug-likeness (QED) is 0.252. The van der Waals surface area contributed by atoms with Gasteiger partial charge in [0.25, 0.3) is 0 Å². The van der Waals surface area contributed by atoms with Crippen LogP contribution in [0.5, 0.6) is 5.75 Å². The second-order valence-electron chi connectivity index (χ2n) is 9.01. The normalized spacial score (nSPS) is 13.7. The molecule has 1 aromatic heterocycles. The van der Waals surface area contributed by atoms with Gasteiger partial charge in [-0.05, 0) is 80.7 Å². The summed E-state index contributed by atoms with van der Waals surface area (Å²) in [4.78, 5) is 11.5. The van der Waals surface area contributed by atoms with E-state index >= 15 is 0 Å². The van der Waals surface area contributed by atoms with E-state index in [2.05, 4.69) is 39.3 Å². The molecule has 7 nitrogen and oxygen atoms in total. The van der Waals surface area contributed by atoms with Gasteiger partial charge in [-0.2, -0.15) is 0 Å². The van der Waals surface area contributed by atoms with Gasteiger partial charge in [-0.1, -0.05) is 50.6 Å². The van der Waals surface area contributed by atoms with Crippen molar-refractivity contribution in [1.29, 1.82) is 0 Å². The minimum Gasteiger partial charge on any atom is -0.487 e. The number of benzene rings is 2. The topological polar surface area (TPSA) is 96.5 Å². The van der Waals surface area contributed by atoms with Crippen LogP contribution in [0.4, 0.5) is 15.9 Å². The predicted octanol–water partition coefficient (Wildman–Crippen LogP) is 6.62. The number of rotatable bonds is 10. The third-order valence-electron chi connectivity index (χ3n) is 6.28. The Morgan fingerprint density at radius 3 is 2.58 bits per heavy atom. The van der Waals surface area contributed by atoms with Gasteiger partial charge in [-0.25, -0.2) is 14.4 Å². The van der Waals surface area contributed by atoms with Crippen molar-refractivity contribution in [2.75, 3.05) is 32.1 Å². The van der Waals surface area contributed by atoms with E-state index in [-0.39, 0.29) is 12.4 Å². The molecule has 0 saturated carbocycles. The number of nitrogens with one attached hydrogen (secondary N) is 1. The minimum atomic E-state index is -0.292. The molecule has 218 valence electrons. The zero-order valence-electron chi connectivity index (χ0n) is 24.0. The minimum absolute atomic E-state index is 0.231. The van der Waals surface area contributed by atoms with Crippen molar-refractivity contribution < 1.29 is 14.2 Å². The highest BCUT2D eigenvalue weighted by Gasteiger charge is 2.18. The summed E-state index contributed by atoms with van der Waals surface area (Å²) in [6.45, 7) is 9.30. The number of aliphatic hydroxyl groups is 1. The molecule has 1 saturated heterocycles. The maximum Gasteiger partial charge on any atom is 0.138 e. The number of likely N-dealkylation sites (tertiary alicyclic amines) is 1. The number of aliphatic hydroxyl groups excluding tert-OH is 1. The molecule has 0 spiro atoms. The van der Waals surface area contributed by atoms with Crippen LogP contribution in [0.25, 0.3) is 6.08 Å². The van der Waals surface area contributed by atoms with E-state index in [0.29, 0.717) is 16.8 Å². The molecule has 4 N–H and O–H groups in total. The molecule has 9 heteroatoms. The molecule has 1 aliphatic rings. The van der Waals surface area contributed by atoms with E-state index in [1.807, 2.05) is 32.0 Å². The van der Waals surface area contributed by atoms with E-state index in [0.717, 1.165) is 80.8 Å². The van der Waals surface area contributed by atoms with Crippen molar-refractivity contribution >= 4 is 29.2 Å². The summed E-state index contributed by atoms with van der Waals surface area (Å²) in [5, 5.41) is 10.9. The van der Waals surface area contributed by atoms with Crippen molar-refractivity contribution in [3.8, 4) is 5.75 Å². The third-order valence-corrected chi connectivity index (χ3v) is 6.57. The molecule has 1 aliphatic heterocycles. The fourth-order valence-corrected chi connectivity index (χ4v) is 4.46. The summed E-state index contributed by atoms with van der Waals surface area (Å²) in [5.74, 6) is 1.00. The second kappa shape index (κ2) is 18.3. The standard InChI is InChI=1S/C28H33ClFN5O.C2H6.CH4O/c1-2-3-7-26-24(12-15-35-13-10-22(31)11-14-35)28(33-19-32-26)34-23-8-9-27(25(29)17-23)36-18-20-5-4-6-21(30)16-20;2*1-2/h3-9,16-17,19,22H,2,10-15,18,31H2,1H3,(H,32,33,34);1-2H3;2H,1H3/b7-3-;;. The molecular weight excluding hydrogens is 529 g/mol. The lowest BCUT2D eigenvalue weighted by Gasteiger charge is -2.30. The van der Waals surface area contributed by atoms with Crippen molar-refractivity contribution in [3.63, 3.8) is 0 Å². The van der Waals surface area contributed by atoms with E-state index in [1.165, 1.54) is 12.1 Å². The van der Waals surface area contributed by atoms with Gasteiger partial charge >= 0.3 is 0 Å². The molecule has 3 aromatic rings. The first-order valence-electron chi connectivity index (χ1n) is 13.9. The lowest BCUT2D eigenvalue weighted by molar-refractivity contribution is 0.215. The van der Waals surface area contributed by atoms with E-state index in [9.17, 15) is 4.39 Å². The highest BCUT2D eigenvalue weighted by Crippen LogP contribution is 2.31. The molecule has 2 aromatic carbocycles. The van der Waals surface area contributed by atoms with Crippen LogP contribution in [0.2, 0.25) is 5.02 Å². The number of aromatic nitrogens is 2. The number of anilines is 2. The largest absolute Gasteiger partial charge is 0.487 e. The predicted molar refractivity (Wildman–Crippen MR) is 164 cm³/mol. The Bertz CT molecular complexity index is 1190. The summed E-state index contributed by atoms with van der Waals surface area (Å²) in [6.07, 6.45) is 9.57. The van der Waals surface area contributed by atoms with Crippen LogP contribution in [0.15, 0.2) is 54.9 Å². The Morgan fingerprint density at radius 2 is 1.90 bits per heavy atom. The SMILES string of the molecule is CC.CC/C=C\c1ncnc(Nc2ccc(OCc3cccc(F)c3)c(Cl)c2)c1CCN1CCC(N)CC1.CO. The number of ether oxygens (including phenoxy) is 1. The van der Waals surface area contributed by atoms with Crippen LogP contribution < -0.4 is 15.8 Å². The van der Waals surface area contributed by atoms with Crippen molar-refractivity contribution in [3.05, 3.63) is 82.5 Å². The molecule has 40 heavy (non-hydrogen) atoms. The molecule has 4 rings (SSSR count). The first-order chi connectivity index (χ1) is 19.5. The average molecular weight is 572 g/mol. The summed E-state index contributed by atoms with van der Waals surface area (Å²) in [7, 11) is 1.00. The molecule has 0 atom stereocenters. The van der Waals surface area contributed by atoms with E-state index in [1.54, 1.807) is 18.5 Å². The van der Waals surface area contributed by atoms with Crippen LogP contribution in [-0.4, -0.2) is 52.8 Å². The number of nitrogens with two attached hydrogens (primary N) is 1. The highest BCUT2D eigenvalue weighted by atomic mass is 35.5. The summed E-state index contributed by atoms with van der Waals surface area (Å²) in [5.41, 5.74) is 9.60. The molecule has 0 amide bonds. The third kappa shape index (κ3) is 10.5. The maximum absolute atomic E-state index is 13.4. The number of nitrogens with zero attached hydrogens (tertiary/aromatic N) is 3. The van der Waals surface area contributed by atoms with E-state index < -0.39 is 0 Å². The average Bonchev–Trinajstić information content (AvgIpc) is 2.98.